The molecule has 17 heavy (non-hydrogen) atoms. The molecule has 1 aliphatic rings. The van der Waals surface area contributed by atoms with Gasteiger partial charge in [-0.2, -0.15) is 11.8 Å². The van der Waals surface area contributed by atoms with E-state index in [0.29, 0.717) is 4.75 Å². The fraction of sp³-hybridized carbons (Fsp3) is 0.917. The van der Waals surface area contributed by atoms with E-state index in [4.69, 9.17) is 4.74 Å². The number of thioether (sulfide) groups is 1. The zero-order chi connectivity index (χ0) is 12.7. The summed E-state index contributed by atoms with van der Waals surface area (Å²) < 4.78 is 5.36. The number of ether oxygens (including phenoxy) is 1. The summed E-state index contributed by atoms with van der Waals surface area (Å²) in [5, 5.41) is 3.40. The first-order chi connectivity index (χ1) is 8.09. The van der Waals surface area contributed by atoms with Gasteiger partial charge in [-0.1, -0.05) is 0 Å². The molecular weight excluding hydrogens is 234 g/mol. The Labute approximate surface area is 109 Å². The van der Waals surface area contributed by atoms with Gasteiger partial charge in [0.25, 0.3) is 0 Å². The van der Waals surface area contributed by atoms with Crippen LogP contribution in [0.1, 0.15) is 20.3 Å². The molecule has 4 nitrogen and oxygen atoms in total. The van der Waals surface area contributed by atoms with Crippen LogP contribution in [-0.2, 0) is 4.74 Å². The lowest BCUT2D eigenvalue weighted by atomic mass is 10.2. The Morgan fingerprint density at radius 2 is 2.29 bits per heavy atom. The van der Waals surface area contributed by atoms with Crippen molar-refractivity contribution in [2.45, 2.75) is 25.0 Å². The Kier molecular flexibility index (Phi) is 6.12. The Balaban J connectivity index is 2.39. The maximum Gasteiger partial charge on any atom is 0.193 e. The van der Waals surface area contributed by atoms with Crippen molar-refractivity contribution in [2.75, 3.05) is 46.2 Å². The molecule has 0 aliphatic carbocycles. The van der Waals surface area contributed by atoms with Crippen LogP contribution in [0.4, 0.5) is 0 Å². The van der Waals surface area contributed by atoms with E-state index < -0.39 is 0 Å². The normalized spacial score (nSPS) is 20.5. The van der Waals surface area contributed by atoms with E-state index in [9.17, 15) is 0 Å². The minimum atomic E-state index is 0.322. The van der Waals surface area contributed by atoms with Gasteiger partial charge >= 0.3 is 0 Å². The summed E-state index contributed by atoms with van der Waals surface area (Å²) in [5.74, 6) is 2.20. The molecule has 1 fully saturated rings. The Morgan fingerprint density at radius 1 is 1.53 bits per heavy atom. The molecule has 1 saturated heterocycles. The third-order valence-corrected chi connectivity index (χ3v) is 4.04. The lowest BCUT2D eigenvalue weighted by molar-refractivity contribution is 0.195. The fourth-order valence-electron chi connectivity index (χ4n) is 1.95. The van der Waals surface area contributed by atoms with Crippen LogP contribution in [0.3, 0.4) is 0 Å². The number of nitrogens with one attached hydrogen (secondary N) is 1. The van der Waals surface area contributed by atoms with E-state index in [2.05, 4.69) is 29.1 Å². The molecule has 0 atom stereocenters. The predicted molar refractivity (Wildman–Crippen MR) is 76.0 cm³/mol. The van der Waals surface area contributed by atoms with E-state index in [1.807, 2.05) is 18.8 Å². The van der Waals surface area contributed by atoms with Gasteiger partial charge in [-0.3, -0.25) is 4.99 Å². The van der Waals surface area contributed by atoms with Gasteiger partial charge < -0.3 is 15.0 Å². The summed E-state index contributed by atoms with van der Waals surface area (Å²) in [6, 6.07) is 0. The lowest BCUT2D eigenvalue weighted by Gasteiger charge is -2.39. The molecule has 0 saturated carbocycles. The van der Waals surface area contributed by atoms with Gasteiger partial charge in [0, 0.05) is 50.9 Å². The van der Waals surface area contributed by atoms with Crippen LogP contribution in [0.5, 0.6) is 0 Å². The van der Waals surface area contributed by atoms with E-state index in [1.54, 1.807) is 7.11 Å². The summed E-state index contributed by atoms with van der Waals surface area (Å²) in [4.78, 5) is 6.71. The molecule has 0 bridgehead atoms. The molecule has 0 unspecified atom stereocenters. The van der Waals surface area contributed by atoms with Gasteiger partial charge in [0.1, 0.15) is 0 Å². The summed E-state index contributed by atoms with van der Waals surface area (Å²) in [6.45, 7) is 8.44. The van der Waals surface area contributed by atoms with Crippen LogP contribution in [0, 0.1) is 0 Å². The number of methoxy groups -OCH3 is 1. The van der Waals surface area contributed by atoms with Crippen molar-refractivity contribution in [3.05, 3.63) is 0 Å². The highest BCUT2D eigenvalue weighted by Gasteiger charge is 2.28. The molecular formula is C12H25N3OS. The number of rotatable bonds is 4. The van der Waals surface area contributed by atoms with Gasteiger partial charge in [0.2, 0.25) is 0 Å². The zero-order valence-corrected chi connectivity index (χ0v) is 12.3. The molecule has 1 heterocycles. The molecule has 0 amide bonds. The van der Waals surface area contributed by atoms with Crippen LogP contribution in [-0.4, -0.2) is 61.8 Å². The van der Waals surface area contributed by atoms with Gasteiger partial charge in [-0.25, -0.2) is 0 Å². The molecule has 0 radical (unpaired) electrons. The molecule has 100 valence electrons. The second-order valence-corrected chi connectivity index (χ2v) is 6.65. The third-order valence-electron chi connectivity index (χ3n) is 2.75. The Bertz CT molecular complexity index is 256. The molecule has 5 heteroatoms. The standard InChI is InChI=1S/C12H25N3OS/c1-12(2)10-15(7-9-17-12)11(13-3)14-6-5-8-16-4/h5-10H2,1-4H3,(H,13,14). The molecule has 0 aromatic rings. The molecule has 1 aliphatic heterocycles. The molecule has 0 aromatic carbocycles. The molecule has 1 N–H and O–H groups in total. The largest absolute Gasteiger partial charge is 0.385 e. The second kappa shape index (κ2) is 7.11. The fourth-order valence-corrected chi connectivity index (χ4v) is 3.06. The molecule has 1 rings (SSSR count). The van der Waals surface area contributed by atoms with Crippen molar-refractivity contribution >= 4 is 17.7 Å². The quantitative estimate of drug-likeness (QED) is 0.471. The minimum Gasteiger partial charge on any atom is -0.385 e. The van der Waals surface area contributed by atoms with Gasteiger partial charge in [-0.15, -0.1) is 0 Å². The summed E-state index contributed by atoms with van der Waals surface area (Å²) in [6.07, 6.45) is 1.02. The zero-order valence-electron chi connectivity index (χ0n) is 11.5. The van der Waals surface area contributed by atoms with E-state index in [1.165, 1.54) is 5.75 Å². The van der Waals surface area contributed by atoms with E-state index in [0.717, 1.165) is 38.6 Å². The van der Waals surface area contributed by atoms with Gasteiger partial charge in [-0.05, 0) is 20.3 Å². The number of aliphatic imine (C=N–C) groups is 1. The highest BCUT2D eigenvalue weighted by atomic mass is 32.2. The lowest BCUT2D eigenvalue weighted by Crippen LogP contribution is -2.51. The van der Waals surface area contributed by atoms with Crippen LogP contribution >= 0.6 is 11.8 Å². The van der Waals surface area contributed by atoms with Gasteiger partial charge in [0.05, 0.1) is 0 Å². The summed E-state index contributed by atoms with van der Waals surface area (Å²) in [5.41, 5.74) is 0. The van der Waals surface area contributed by atoms with Crippen molar-refractivity contribution in [3.8, 4) is 0 Å². The maximum absolute atomic E-state index is 5.04. The number of nitrogens with zero attached hydrogens (tertiary/aromatic N) is 2. The van der Waals surface area contributed by atoms with Crippen LogP contribution < -0.4 is 5.32 Å². The van der Waals surface area contributed by atoms with E-state index in [-0.39, 0.29) is 0 Å². The van der Waals surface area contributed by atoms with Crippen LogP contribution in [0.15, 0.2) is 4.99 Å². The average Bonchev–Trinajstić information content (AvgIpc) is 2.28. The molecule has 0 spiro atoms. The summed E-state index contributed by atoms with van der Waals surface area (Å²) >= 11 is 2.04. The van der Waals surface area contributed by atoms with Gasteiger partial charge in [0.15, 0.2) is 5.96 Å². The monoisotopic (exact) mass is 259 g/mol. The third kappa shape index (κ3) is 5.17. The molecule has 0 aromatic heterocycles. The van der Waals surface area contributed by atoms with Crippen molar-refractivity contribution in [1.82, 2.24) is 10.2 Å². The summed E-state index contributed by atoms with van der Waals surface area (Å²) in [7, 11) is 3.59. The van der Waals surface area contributed by atoms with Crippen LogP contribution in [0.25, 0.3) is 0 Å². The Morgan fingerprint density at radius 3 is 2.88 bits per heavy atom. The van der Waals surface area contributed by atoms with Crippen molar-refractivity contribution < 1.29 is 4.74 Å². The number of guanidine groups is 1. The highest BCUT2D eigenvalue weighted by molar-refractivity contribution is 8.00. The smallest absolute Gasteiger partial charge is 0.193 e. The highest BCUT2D eigenvalue weighted by Crippen LogP contribution is 2.29. The van der Waals surface area contributed by atoms with E-state index >= 15 is 0 Å². The maximum atomic E-state index is 5.04. The topological polar surface area (TPSA) is 36.9 Å². The number of hydrogen-bond donors (Lipinski definition) is 1. The van der Waals surface area contributed by atoms with Crippen LogP contribution in [0.2, 0.25) is 0 Å². The number of hydrogen-bond acceptors (Lipinski definition) is 3. The first-order valence-corrected chi connectivity index (χ1v) is 7.16. The first kappa shape index (κ1) is 14.6. The Hall–Kier alpha value is -0.420. The first-order valence-electron chi connectivity index (χ1n) is 6.17. The minimum absolute atomic E-state index is 0.322. The van der Waals surface area contributed by atoms with Crippen molar-refractivity contribution in [1.29, 1.82) is 0 Å². The van der Waals surface area contributed by atoms with Crippen molar-refractivity contribution in [3.63, 3.8) is 0 Å². The SMILES string of the molecule is CN=C(NCCCOC)N1CCSC(C)(C)C1. The average molecular weight is 259 g/mol. The van der Waals surface area contributed by atoms with Crippen molar-refractivity contribution in [2.24, 2.45) is 4.99 Å². The predicted octanol–water partition coefficient (Wildman–Crippen LogP) is 1.43. The second-order valence-electron chi connectivity index (χ2n) is 4.85.